The molecule has 1 aromatic carbocycles. The van der Waals surface area contributed by atoms with E-state index in [1.54, 1.807) is 24.4 Å². The van der Waals surface area contributed by atoms with Crippen LogP contribution < -0.4 is 11.1 Å². The van der Waals surface area contributed by atoms with Crippen LogP contribution in [0.5, 0.6) is 0 Å². The first kappa shape index (κ1) is 15.7. The molecular weight excluding hydrogens is 289 g/mol. The van der Waals surface area contributed by atoms with Crippen LogP contribution in [-0.2, 0) is 6.42 Å². The fourth-order valence-electron chi connectivity index (χ4n) is 2.26. The molecule has 1 heterocycles. The van der Waals surface area contributed by atoms with Crippen molar-refractivity contribution in [2.45, 2.75) is 25.8 Å². The van der Waals surface area contributed by atoms with E-state index in [0.717, 1.165) is 18.5 Å². The highest BCUT2D eigenvalue weighted by molar-refractivity contribution is 6.30. The second-order valence-corrected chi connectivity index (χ2v) is 5.35. The van der Waals surface area contributed by atoms with Gasteiger partial charge in [-0.3, -0.25) is 0 Å². The van der Waals surface area contributed by atoms with Gasteiger partial charge >= 0.3 is 0 Å². The second-order valence-electron chi connectivity index (χ2n) is 4.94. The highest BCUT2D eigenvalue weighted by atomic mass is 35.5. The maximum absolute atomic E-state index is 14.3. The summed E-state index contributed by atoms with van der Waals surface area (Å²) in [4.78, 5) is 3.98. The molecule has 0 fully saturated rings. The topological polar surface area (TPSA) is 50.9 Å². The summed E-state index contributed by atoms with van der Waals surface area (Å²) in [6.45, 7) is 2.87. The van der Waals surface area contributed by atoms with Gasteiger partial charge in [0.1, 0.15) is 11.6 Å². The summed E-state index contributed by atoms with van der Waals surface area (Å²) in [6, 6.07) is 8.64. The van der Waals surface area contributed by atoms with Crippen LogP contribution in [0.25, 0.3) is 0 Å². The largest absolute Gasteiger partial charge is 0.384 e. The van der Waals surface area contributed by atoms with E-state index in [1.165, 1.54) is 0 Å². The van der Waals surface area contributed by atoms with Gasteiger partial charge in [0.05, 0.1) is 5.02 Å². The van der Waals surface area contributed by atoms with Gasteiger partial charge in [0.25, 0.3) is 0 Å². The smallest absolute Gasteiger partial charge is 0.146 e. The highest BCUT2D eigenvalue weighted by Gasteiger charge is 2.17. The van der Waals surface area contributed by atoms with Gasteiger partial charge in [-0.1, -0.05) is 30.7 Å². The minimum Gasteiger partial charge on any atom is -0.384 e. The summed E-state index contributed by atoms with van der Waals surface area (Å²) in [5, 5.41) is 3.51. The standard InChI is InChI=1S/C16H19ClFN3/c1-2-7-20-14(9-11-6-8-21-15(19)10-11)12-4-3-5-13(17)16(12)18/h3-6,8,10,14,20H,2,7,9H2,1H3,(H2,19,21). The lowest BCUT2D eigenvalue weighted by Crippen LogP contribution is -2.25. The zero-order valence-corrected chi connectivity index (χ0v) is 12.7. The number of rotatable bonds is 6. The van der Waals surface area contributed by atoms with Crippen molar-refractivity contribution >= 4 is 17.4 Å². The lowest BCUT2D eigenvalue weighted by molar-refractivity contribution is 0.497. The third kappa shape index (κ3) is 4.16. The number of hydrogen-bond acceptors (Lipinski definition) is 3. The molecule has 1 atom stereocenters. The Bertz CT molecular complexity index is 604. The molecule has 0 saturated carbocycles. The summed E-state index contributed by atoms with van der Waals surface area (Å²) in [5.41, 5.74) is 7.29. The monoisotopic (exact) mass is 307 g/mol. The first-order valence-electron chi connectivity index (χ1n) is 6.99. The Balaban J connectivity index is 2.27. The van der Waals surface area contributed by atoms with Crippen molar-refractivity contribution in [1.82, 2.24) is 10.3 Å². The molecule has 5 heteroatoms. The molecule has 2 rings (SSSR count). The van der Waals surface area contributed by atoms with E-state index in [4.69, 9.17) is 17.3 Å². The van der Waals surface area contributed by atoms with Crippen LogP contribution in [0.4, 0.5) is 10.2 Å². The molecule has 0 aliphatic rings. The van der Waals surface area contributed by atoms with Crippen molar-refractivity contribution < 1.29 is 4.39 Å². The van der Waals surface area contributed by atoms with Crippen molar-refractivity contribution in [3.05, 3.63) is 58.5 Å². The Kier molecular flexibility index (Phi) is 5.53. The van der Waals surface area contributed by atoms with Crippen molar-refractivity contribution in [2.24, 2.45) is 0 Å². The zero-order valence-electron chi connectivity index (χ0n) is 11.9. The fraction of sp³-hybridized carbons (Fsp3) is 0.312. The number of hydrogen-bond donors (Lipinski definition) is 2. The van der Waals surface area contributed by atoms with E-state index in [0.29, 0.717) is 17.8 Å². The summed E-state index contributed by atoms with van der Waals surface area (Å²) in [5.74, 6) is 0.100. The molecule has 3 nitrogen and oxygen atoms in total. The maximum Gasteiger partial charge on any atom is 0.146 e. The quantitative estimate of drug-likeness (QED) is 0.854. The Morgan fingerprint density at radius 2 is 2.19 bits per heavy atom. The molecule has 112 valence electrons. The van der Waals surface area contributed by atoms with Crippen LogP contribution in [0.1, 0.15) is 30.5 Å². The maximum atomic E-state index is 14.3. The number of nitrogens with one attached hydrogen (secondary N) is 1. The summed E-state index contributed by atoms with van der Waals surface area (Å²) >= 11 is 5.89. The van der Waals surface area contributed by atoms with Crippen molar-refractivity contribution in [2.75, 3.05) is 12.3 Å². The van der Waals surface area contributed by atoms with E-state index in [9.17, 15) is 4.39 Å². The van der Waals surface area contributed by atoms with Crippen molar-refractivity contribution in [1.29, 1.82) is 0 Å². The number of nitrogens with two attached hydrogens (primary N) is 1. The molecule has 0 saturated heterocycles. The van der Waals surface area contributed by atoms with Gasteiger partial charge in [0, 0.05) is 17.8 Å². The third-order valence-corrected chi connectivity index (χ3v) is 3.57. The number of pyridine rings is 1. The number of aromatic nitrogens is 1. The molecule has 0 aliphatic carbocycles. The van der Waals surface area contributed by atoms with E-state index < -0.39 is 0 Å². The molecule has 0 bridgehead atoms. The Morgan fingerprint density at radius 3 is 2.90 bits per heavy atom. The van der Waals surface area contributed by atoms with Gasteiger partial charge in [0.2, 0.25) is 0 Å². The van der Waals surface area contributed by atoms with Crippen LogP contribution in [0, 0.1) is 5.82 Å². The van der Waals surface area contributed by atoms with Crippen molar-refractivity contribution in [3.8, 4) is 0 Å². The normalized spacial score (nSPS) is 12.3. The summed E-state index contributed by atoms with van der Waals surface area (Å²) < 4.78 is 14.3. The molecule has 2 aromatic rings. The molecule has 0 radical (unpaired) electrons. The van der Waals surface area contributed by atoms with Crippen LogP contribution in [0.15, 0.2) is 36.5 Å². The van der Waals surface area contributed by atoms with Crippen LogP contribution in [0.2, 0.25) is 5.02 Å². The molecule has 3 N–H and O–H groups in total. The molecule has 21 heavy (non-hydrogen) atoms. The van der Waals surface area contributed by atoms with E-state index in [2.05, 4.69) is 17.2 Å². The number of anilines is 1. The summed E-state index contributed by atoms with van der Waals surface area (Å²) in [6.07, 6.45) is 3.26. The number of halogens is 2. The number of benzene rings is 1. The number of nitrogen functional groups attached to an aromatic ring is 1. The molecule has 1 unspecified atom stereocenters. The Morgan fingerprint density at radius 1 is 1.38 bits per heavy atom. The Hall–Kier alpha value is -1.65. The van der Waals surface area contributed by atoms with E-state index in [1.807, 2.05) is 12.1 Å². The van der Waals surface area contributed by atoms with Crippen molar-refractivity contribution in [3.63, 3.8) is 0 Å². The molecule has 1 aromatic heterocycles. The van der Waals surface area contributed by atoms with E-state index in [-0.39, 0.29) is 16.9 Å². The first-order valence-corrected chi connectivity index (χ1v) is 7.37. The molecule has 0 aliphatic heterocycles. The van der Waals surface area contributed by atoms with Crippen LogP contribution in [0.3, 0.4) is 0 Å². The highest BCUT2D eigenvalue weighted by Crippen LogP contribution is 2.26. The van der Waals surface area contributed by atoms with Gasteiger partial charge in [-0.25, -0.2) is 9.37 Å². The van der Waals surface area contributed by atoms with Gasteiger partial charge in [-0.05, 0) is 43.1 Å². The van der Waals surface area contributed by atoms with Crippen LogP contribution >= 0.6 is 11.6 Å². The summed E-state index contributed by atoms with van der Waals surface area (Å²) in [7, 11) is 0. The van der Waals surface area contributed by atoms with Gasteiger partial charge in [0.15, 0.2) is 0 Å². The van der Waals surface area contributed by atoms with E-state index >= 15 is 0 Å². The molecule has 0 amide bonds. The predicted octanol–water partition coefficient (Wildman–Crippen LogP) is 3.74. The minimum atomic E-state index is -0.366. The lowest BCUT2D eigenvalue weighted by atomic mass is 9.98. The van der Waals surface area contributed by atoms with Gasteiger partial charge < -0.3 is 11.1 Å². The molecular formula is C16H19ClFN3. The molecule has 0 spiro atoms. The second kappa shape index (κ2) is 7.38. The van der Waals surface area contributed by atoms with Gasteiger partial charge in [-0.15, -0.1) is 0 Å². The average molecular weight is 308 g/mol. The fourth-order valence-corrected chi connectivity index (χ4v) is 2.44. The van der Waals surface area contributed by atoms with Gasteiger partial charge in [-0.2, -0.15) is 0 Å². The zero-order chi connectivity index (χ0) is 15.2. The lowest BCUT2D eigenvalue weighted by Gasteiger charge is -2.20. The van der Waals surface area contributed by atoms with Crippen LogP contribution in [-0.4, -0.2) is 11.5 Å². The Labute approximate surface area is 129 Å². The third-order valence-electron chi connectivity index (χ3n) is 3.28. The first-order chi connectivity index (χ1) is 10.1. The number of nitrogens with zero attached hydrogens (tertiary/aromatic N) is 1. The minimum absolute atomic E-state index is 0.144. The SMILES string of the molecule is CCCNC(Cc1ccnc(N)c1)c1cccc(Cl)c1F. The average Bonchev–Trinajstić information content (AvgIpc) is 2.47. The predicted molar refractivity (Wildman–Crippen MR) is 84.8 cm³/mol.